The van der Waals surface area contributed by atoms with Gasteiger partial charge in [0.05, 0.1) is 4.92 Å². The molecule has 2 rings (SSSR count). The van der Waals surface area contributed by atoms with Gasteiger partial charge in [-0.05, 0) is 38.4 Å². The summed E-state index contributed by atoms with van der Waals surface area (Å²) in [6, 6.07) is 3.71. The zero-order valence-corrected chi connectivity index (χ0v) is 11.9. The average molecular weight is 284 g/mol. The Kier molecular flexibility index (Phi) is 4.27. The molecular weight excluding hydrogens is 266 g/mol. The molecule has 1 fully saturated rings. The number of nitrogens with one attached hydrogen (secondary N) is 1. The first-order chi connectivity index (χ1) is 9.04. The van der Waals surface area contributed by atoms with Crippen LogP contribution < -0.4 is 10.2 Å². The predicted octanol–water partition coefficient (Wildman–Crippen LogP) is 2.74. The van der Waals surface area contributed by atoms with Crippen molar-refractivity contribution in [1.29, 1.82) is 0 Å². The van der Waals surface area contributed by atoms with Gasteiger partial charge in [-0.1, -0.05) is 11.6 Å². The number of aryl methyl sites for hydroxylation is 1. The van der Waals surface area contributed by atoms with Gasteiger partial charge in [-0.25, -0.2) is 0 Å². The van der Waals surface area contributed by atoms with Gasteiger partial charge in [0.25, 0.3) is 5.69 Å². The van der Waals surface area contributed by atoms with Crippen LogP contribution in [-0.4, -0.2) is 30.6 Å². The lowest BCUT2D eigenvalue weighted by atomic mass is 10.1. The number of halogens is 1. The second kappa shape index (κ2) is 5.75. The quantitative estimate of drug-likeness (QED) is 0.682. The van der Waals surface area contributed by atoms with Gasteiger partial charge in [0.2, 0.25) is 0 Å². The minimum absolute atomic E-state index is 0.0245. The number of nitrogens with zero attached hydrogens (tertiary/aromatic N) is 2. The predicted molar refractivity (Wildman–Crippen MR) is 77.1 cm³/mol. The summed E-state index contributed by atoms with van der Waals surface area (Å²) in [7, 11) is 0. The van der Waals surface area contributed by atoms with Crippen molar-refractivity contribution in [3.8, 4) is 0 Å². The van der Waals surface area contributed by atoms with Crippen molar-refractivity contribution in [2.45, 2.75) is 26.3 Å². The number of likely N-dealkylation sites (N-methyl/N-ethyl adjacent to an activating group) is 1. The summed E-state index contributed by atoms with van der Waals surface area (Å²) >= 11 is 6.02. The number of nitro benzene ring substituents is 1. The second-order valence-electron chi connectivity index (χ2n) is 4.78. The normalized spacial score (nSPS) is 18.6. The van der Waals surface area contributed by atoms with Crippen LogP contribution in [0.1, 0.15) is 18.9 Å². The third kappa shape index (κ3) is 2.82. The fourth-order valence-electron chi connectivity index (χ4n) is 2.64. The molecule has 1 aromatic carbocycles. The second-order valence-corrected chi connectivity index (χ2v) is 5.19. The molecule has 1 unspecified atom stereocenters. The van der Waals surface area contributed by atoms with Crippen LogP contribution in [0.5, 0.6) is 0 Å². The number of nitro groups is 1. The summed E-state index contributed by atoms with van der Waals surface area (Å²) in [5.41, 5.74) is 1.86. The highest BCUT2D eigenvalue weighted by Gasteiger charge is 2.24. The molecule has 0 bridgehead atoms. The van der Waals surface area contributed by atoms with Gasteiger partial charge in [-0.2, -0.15) is 0 Å². The van der Waals surface area contributed by atoms with Crippen molar-refractivity contribution in [1.82, 2.24) is 5.32 Å². The molecule has 1 aliphatic heterocycles. The smallest absolute Gasteiger partial charge is 0.288 e. The van der Waals surface area contributed by atoms with Crippen molar-refractivity contribution in [3.05, 3.63) is 32.8 Å². The molecule has 0 spiro atoms. The molecule has 19 heavy (non-hydrogen) atoms. The maximum Gasteiger partial charge on any atom is 0.288 e. The Morgan fingerprint density at radius 1 is 1.58 bits per heavy atom. The first kappa shape index (κ1) is 14.1. The maximum absolute atomic E-state index is 10.9. The summed E-state index contributed by atoms with van der Waals surface area (Å²) in [5.74, 6) is 0. The van der Waals surface area contributed by atoms with E-state index in [-0.39, 0.29) is 10.7 Å². The maximum atomic E-state index is 10.9. The van der Waals surface area contributed by atoms with Gasteiger partial charge in [0.1, 0.15) is 5.02 Å². The van der Waals surface area contributed by atoms with E-state index in [0.717, 1.165) is 37.3 Å². The lowest BCUT2D eigenvalue weighted by molar-refractivity contribution is -0.384. The molecule has 5 nitrogen and oxygen atoms in total. The standard InChI is InChI=1S/C13H18ClN3O2/c1-3-16(10-4-5-15-8-10)12-7-11(14)13(17(18)19)6-9(12)2/h6-7,10,15H,3-5,8H2,1-2H3. The molecule has 0 radical (unpaired) electrons. The molecule has 1 N–H and O–H groups in total. The van der Waals surface area contributed by atoms with E-state index < -0.39 is 4.92 Å². The molecule has 1 saturated heterocycles. The van der Waals surface area contributed by atoms with Crippen molar-refractivity contribution < 1.29 is 4.92 Å². The lowest BCUT2D eigenvalue weighted by Gasteiger charge is -2.31. The van der Waals surface area contributed by atoms with Crippen molar-refractivity contribution in [2.24, 2.45) is 0 Å². The summed E-state index contributed by atoms with van der Waals surface area (Å²) in [5, 5.41) is 14.4. The molecule has 0 amide bonds. The van der Waals surface area contributed by atoms with Gasteiger partial charge >= 0.3 is 0 Å². The molecule has 1 aromatic rings. The third-order valence-corrected chi connectivity index (χ3v) is 3.89. The molecule has 0 aliphatic carbocycles. The third-order valence-electron chi connectivity index (χ3n) is 3.59. The molecule has 104 valence electrons. The Balaban J connectivity index is 2.37. The molecule has 1 heterocycles. The van der Waals surface area contributed by atoms with Crippen LogP contribution in [0.15, 0.2) is 12.1 Å². The van der Waals surface area contributed by atoms with E-state index in [9.17, 15) is 10.1 Å². The van der Waals surface area contributed by atoms with Crippen LogP contribution in [0.2, 0.25) is 5.02 Å². The van der Waals surface area contributed by atoms with E-state index in [4.69, 9.17) is 11.6 Å². The number of hydrogen-bond acceptors (Lipinski definition) is 4. The van der Waals surface area contributed by atoms with Crippen LogP contribution in [0.3, 0.4) is 0 Å². The first-order valence-electron chi connectivity index (χ1n) is 6.46. The largest absolute Gasteiger partial charge is 0.367 e. The Morgan fingerprint density at radius 2 is 2.32 bits per heavy atom. The van der Waals surface area contributed by atoms with Crippen molar-refractivity contribution in [2.75, 3.05) is 24.5 Å². The number of benzene rings is 1. The highest BCUT2D eigenvalue weighted by atomic mass is 35.5. The molecular formula is C13H18ClN3O2. The van der Waals surface area contributed by atoms with Gasteiger partial charge in [0, 0.05) is 30.9 Å². The summed E-state index contributed by atoms with van der Waals surface area (Å²) in [4.78, 5) is 12.7. The highest BCUT2D eigenvalue weighted by molar-refractivity contribution is 6.33. The average Bonchev–Trinajstić information content (AvgIpc) is 2.87. The van der Waals surface area contributed by atoms with Crippen LogP contribution in [0, 0.1) is 17.0 Å². The zero-order valence-electron chi connectivity index (χ0n) is 11.1. The minimum Gasteiger partial charge on any atom is -0.367 e. The highest BCUT2D eigenvalue weighted by Crippen LogP contribution is 2.33. The van der Waals surface area contributed by atoms with E-state index in [2.05, 4.69) is 17.1 Å². The Morgan fingerprint density at radius 3 is 2.84 bits per heavy atom. The fourth-order valence-corrected chi connectivity index (χ4v) is 2.86. The molecule has 0 aromatic heterocycles. The Hall–Kier alpha value is -1.33. The number of hydrogen-bond donors (Lipinski definition) is 1. The van der Waals surface area contributed by atoms with Crippen molar-refractivity contribution in [3.63, 3.8) is 0 Å². The van der Waals surface area contributed by atoms with Gasteiger partial charge in [-0.15, -0.1) is 0 Å². The topological polar surface area (TPSA) is 58.4 Å². The monoisotopic (exact) mass is 283 g/mol. The SMILES string of the molecule is CCN(c1cc(Cl)c([N+](=O)[O-])cc1C)C1CCNC1. The first-order valence-corrected chi connectivity index (χ1v) is 6.84. The zero-order chi connectivity index (χ0) is 14.0. The Bertz CT molecular complexity index is 487. The van der Waals surface area contributed by atoms with Crippen LogP contribution in [0.4, 0.5) is 11.4 Å². The molecule has 6 heteroatoms. The van der Waals surface area contributed by atoms with E-state index in [1.54, 1.807) is 12.1 Å². The van der Waals surface area contributed by atoms with E-state index in [0.29, 0.717) is 6.04 Å². The van der Waals surface area contributed by atoms with Gasteiger partial charge in [-0.3, -0.25) is 10.1 Å². The summed E-state index contributed by atoms with van der Waals surface area (Å²) in [6.07, 6.45) is 1.09. The van der Waals surface area contributed by atoms with Gasteiger partial charge in [0.15, 0.2) is 0 Å². The summed E-state index contributed by atoms with van der Waals surface area (Å²) in [6.45, 7) is 6.81. The fraction of sp³-hybridized carbons (Fsp3) is 0.538. The van der Waals surface area contributed by atoms with Crippen LogP contribution >= 0.6 is 11.6 Å². The number of anilines is 1. The van der Waals surface area contributed by atoms with E-state index in [1.807, 2.05) is 6.92 Å². The van der Waals surface area contributed by atoms with Crippen molar-refractivity contribution >= 4 is 23.0 Å². The Labute approximate surface area is 117 Å². The van der Waals surface area contributed by atoms with Gasteiger partial charge < -0.3 is 10.2 Å². The summed E-state index contributed by atoms with van der Waals surface area (Å²) < 4.78 is 0. The van der Waals surface area contributed by atoms with Crippen LogP contribution in [0.25, 0.3) is 0 Å². The molecule has 1 aliphatic rings. The van der Waals surface area contributed by atoms with E-state index in [1.165, 1.54) is 0 Å². The lowest BCUT2D eigenvalue weighted by Crippen LogP contribution is -2.37. The minimum atomic E-state index is -0.438. The van der Waals surface area contributed by atoms with Crippen LogP contribution in [-0.2, 0) is 0 Å². The molecule has 0 saturated carbocycles. The molecule has 1 atom stereocenters. The number of rotatable bonds is 4. The van der Waals surface area contributed by atoms with E-state index >= 15 is 0 Å².